The Morgan fingerprint density at radius 2 is 2.00 bits per heavy atom. The van der Waals surface area contributed by atoms with Gasteiger partial charge in [0.1, 0.15) is 17.4 Å². The predicted molar refractivity (Wildman–Crippen MR) is 125 cm³/mol. The van der Waals surface area contributed by atoms with E-state index in [9.17, 15) is 9.59 Å². The molecule has 1 aromatic carbocycles. The summed E-state index contributed by atoms with van der Waals surface area (Å²) in [7, 11) is 0. The van der Waals surface area contributed by atoms with Crippen molar-refractivity contribution in [3.63, 3.8) is 0 Å². The lowest BCUT2D eigenvalue weighted by molar-refractivity contribution is 0.0940. The van der Waals surface area contributed by atoms with Gasteiger partial charge in [0.05, 0.1) is 24.2 Å². The van der Waals surface area contributed by atoms with Gasteiger partial charge < -0.3 is 15.4 Å². The quantitative estimate of drug-likeness (QED) is 0.292. The number of hydrogen-bond donors (Lipinski definition) is 3. The average molecular weight is 476 g/mol. The number of fused-ring (bicyclic) bond motifs is 1. The van der Waals surface area contributed by atoms with Crippen LogP contribution < -0.4 is 15.4 Å². The topological polar surface area (TPSA) is 153 Å². The second-order valence-electron chi connectivity index (χ2n) is 8.21. The van der Waals surface area contributed by atoms with Gasteiger partial charge in [-0.15, -0.1) is 5.10 Å². The van der Waals surface area contributed by atoms with Crippen molar-refractivity contribution in [1.29, 1.82) is 0 Å². The second kappa shape index (κ2) is 9.87. The summed E-state index contributed by atoms with van der Waals surface area (Å²) in [6, 6.07) is 7.23. The van der Waals surface area contributed by atoms with Crippen LogP contribution in [0.2, 0.25) is 0 Å². The molecule has 12 heteroatoms. The first-order valence-corrected chi connectivity index (χ1v) is 11.5. The van der Waals surface area contributed by atoms with Crippen LogP contribution in [0.3, 0.4) is 0 Å². The number of aromatic amines is 1. The van der Waals surface area contributed by atoms with Gasteiger partial charge in [-0.3, -0.25) is 14.7 Å². The Balaban J connectivity index is 1.33. The maximum Gasteiger partial charge on any atom is 0.273 e. The third-order valence-corrected chi connectivity index (χ3v) is 5.60. The first-order chi connectivity index (χ1) is 17.1. The van der Waals surface area contributed by atoms with Crippen LogP contribution in [0.15, 0.2) is 36.8 Å². The van der Waals surface area contributed by atoms with Crippen LogP contribution in [-0.2, 0) is 6.42 Å². The van der Waals surface area contributed by atoms with Crippen molar-refractivity contribution in [2.45, 2.75) is 38.6 Å². The zero-order valence-electron chi connectivity index (χ0n) is 19.2. The lowest BCUT2D eigenvalue weighted by Gasteiger charge is -2.10. The summed E-state index contributed by atoms with van der Waals surface area (Å²) in [6.07, 6.45) is 6.08. The van der Waals surface area contributed by atoms with Crippen LogP contribution >= 0.6 is 0 Å². The molecule has 12 nitrogen and oxygen atoms in total. The highest BCUT2D eigenvalue weighted by atomic mass is 16.5. The van der Waals surface area contributed by atoms with E-state index in [0.29, 0.717) is 65.5 Å². The summed E-state index contributed by atoms with van der Waals surface area (Å²) in [4.78, 5) is 33.2. The monoisotopic (exact) mass is 475 g/mol. The summed E-state index contributed by atoms with van der Waals surface area (Å²) < 4.78 is 7.48. The molecule has 5 rings (SSSR count). The van der Waals surface area contributed by atoms with Gasteiger partial charge in [0.2, 0.25) is 5.88 Å². The number of ether oxygens (including phenoxy) is 1. The van der Waals surface area contributed by atoms with Crippen LogP contribution in [0.4, 0.5) is 0 Å². The standard InChI is InChI=1S/C23H25N9O3/c1-2-24-21(33)14-5-9-16(10-6-14)32-18(20(30-31-32)22(34)28-15-7-8-15)4-3-11-35-23-19-17(12-27-29-19)25-13-26-23/h5-6,9-10,12-13,15H,2-4,7-8,11H2,1H3,(H,24,33)(H,27,29)(H,28,34). The Morgan fingerprint density at radius 3 is 2.77 bits per heavy atom. The minimum absolute atomic E-state index is 0.143. The van der Waals surface area contributed by atoms with Gasteiger partial charge in [0.15, 0.2) is 5.69 Å². The first kappa shape index (κ1) is 22.4. The fourth-order valence-corrected chi connectivity index (χ4v) is 3.67. The third kappa shape index (κ3) is 4.95. The highest BCUT2D eigenvalue weighted by molar-refractivity contribution is 5.94. The number of hydrogen-bond acceptors (Lipinski definition) is 8. The van der Waals surface area contributed by atoms with Crippen LogP contribution in [0.5, 0.6) is 5.88 Å². The molecule has 35 heavy (non-hydrogen) atoms. The molecule has 0 saturated heterocycles. The predicted octanol–water partition coefficient (Wildman–Crippen LogP) is 1.59. The summed E-state index contributed by atoms with van der Waals surface area (Å²) >= 11 is 0. The van der Waals surface area contributed by atoms with Crippen molar-refractivity contribution in [1.82, 2.24) is 45.8 Å². The fraction of sp³-hybridized carbons (Fsp3) is 0.348. The van der Waals surface area contributed by atoms with Crippen molar-refractivity contribution in [2.24, 2.45) is 0 Å². The van der Waals surface area contributed by atoms with E-state index >= 15 is 0 Å². The van der Waals surface area contributed by atoms with E-state index in [4.69, 9.17) is 4.74 Å². The number of rotatable bonds is 10. The molecule has 0 unspecified atom stereocenters. The molecule has 2 amide bonds. The molecule has 1 fully saturated rings. The van der Waals surface area contributed by atoms with Crippen LogP contribution in [0.25, 0.3) is 16.7 Å². The Morgan fingerprint density at radius 1 is 1.17 bits per heavy atom. The Hall–Kier alpha value is -4.35. The molecule has 1 aliphatic rings. The Bertz CT molecular complexity index is 1340. The highest BCUT2D eigenvalue weighted by Crippen LogP contribution is 2.22. The van der Waals surface area contributed by atoms with E-state index in [2.05, 4.69) is 41.1 Å². The van der Waals surface area contributed by atoms with Gasteiger partial charge >= 0.3 is 0 Å². The molecule has 0 bridgehead atoms. The molecule has 180 valence electrons. The molecule has 0 atom stereocenters. The molecule has 4 aromatic rings. The number of H-pyrrole nitrogens is 1. The molecule has 0 spiro atoms. The molecule has 3 N–H and O–H groups in total. The van der Waals surface area contributed by atoms with E-state index in [1.807, 2.05) is 6.92 Å². The molecule has 1 saturated carbocycles. The largest absolute Gasteiger partial charge is 0.476 e. The number of carbonyl (C=O) groups is 2. The lowest BCUT2D eigenvalue weighted by atomic mass is 10.1. The van der Waals surface area contributed by atoms with Crippen LogP contribution in [0, 0.1) is 0 Å². The summed E-state index contributed by atoms with van der Waals surface area (Å²) in [6.45, 7) is 2.78. The number of amides is 2. The molecular weight excluding hydrogens is 450 g/mol. The van der Waals surface area contributed by atoms with E-state index in [0.717, 1.165) is 12.8 Å². The van der Waals surface area contributed by atoms with E-state index < -0.39 is 0 Å². The Labute approximate surface area is 200 Å². The van der Waals surface area contributed by atoms with Crippen LogP contribution in [-0.4, -0.2) is 66.2 Å². The number of nitrogens with zero attached hydrogens (tertiary/aromatic N) is 6. The van der Waals surface area contributed by atoms with Crippen molar-refractivity contribution >= 4 is 22.8 Å². The zero-order valence-corrected chi connectivity index (χ0v) is 19.2. The Kier molecular flexibility index (Phi) is 6.33. The SMILES string of the molecule is CCNC(=O)c1ccc(-n2nnc(C(=O)NC3CC3)c2CCCOc2ncnc3cn[nH]c23)cc1. The van der Waals surface area contributed by atoms with Crippen molar-refractivity contribution in [2.75, 3.05) is 13.2 Å². The van der Waals surface area contributed by atoms with Crippen LogP contribution in [0.1, 0.15) is 52.7 Å². The number of carbonyl (C=O) groups excluding carboxylic acids is 2. The minimum Gasteiger partial charge on any atom is -0.476 e. The summed E-state index contributed by atoms with van der Waals surface area (Å²) in [5.74, 6) is 0.0472. The lowest BCUT2D eigenvalue weighted by Crippen LogP contribution is -2.27. The van der Waals surface area contributed by atoms with E-state index in [1.165, 1.54) is 6.33 Å². The second-order valence-corrected chi connectivity index (χ2v) is 8.21. The van der Waals surface area contributed by atoms with Crippen molar-refractivity contribution in [3.05, 3.63) is 53.7 Å². The van der Waals surface area contributed by atoms with Gasteiger partial charge in [-0.2, -0.15) is 10.1 Å². The van der Waals surface area contributed by atoms with Gasteiger partial charge in [0, 0.05) is 18.2 Å². The third-order valence-electron chi connectivity index (χ3n) is 5.60. The van der Waals surface area contributed by atoms with E-state index in [-0.39, 0.29) is 17.9 Å². The molecule has 1 aliphatic carbocycles. The van der Waals surface area contributed by atoms with Gasteiger partial charge in [-0.05, 0) is 56.9 Å². The smallest absolute Gasteiger partial charge is 0.273 e. The van der Waals surface area contributed by atoms with E-state index in [1.54, 1.807) is 35.1 Å². The minimum atomic E-state index is -0.233. The first-order valence-electron chi connectivity index (χ1n) is 11.5. The number of benzene rings is 1. The molecule has 3 aromatic heterocycles. The van der Waals surface area contributed by atoms with Gasteiger partial charge in [-0.1, -0.05) is 5.21 Å². The summed E-state index contributed by atoms with van der Waals surface area (Å²) in [5.41, 5.74) is 3.53. The number of aromatic nitrogens is 7. The summed E-state index contributed by atoms with van der Waals surface area (Å²) in [5, 5.41) is 21.0. The molecule has 0 aliphatic heterocycles. The normalized spacial score (nSPS) is 13.1. The average Bonchev–Trinajstić information content (AvgIpc) is 3.38. The van der Waals surface area contributed by atoms with Gasteiger partial charge in [0.25, 0.3) is 11.8 Å². The van der Waals surface area contributed by atoms with Crippen molar-refractivity contribution < 1.29 is 14.3 Å². The highest BCUT2D eigenvalue weighted by Gasteiger charge is 2.27. The maximum atomic E-state index is 12.8. The molecule has 3 heterocycles. The zero-order chi connectivity index (χ0) is 24.2. The fourth-order valence-electron chi connectivity index (χ4n) is 3.67. The maximum absolute atomic E-state index is 12.8. The molecular formula is C23H25N9O3. The van der Waals surface area contributed by atoms with Gasteiger partial charge in [-0.25, -0.2) is 9.67 Å². The number of nitrogens with one attached hydrogen (secondary N) is 3. The molecule has 0 radical (unpaired) electrons. The van der Waals surface area contributed by atoms with Crippen molar-refractivity contribution in [3.8, 4) is 11.6 Å².